The Balaban J connectivity index is 1.99. The van der Waals surface area contributed by atoms with Gasteiger partial charge in [0.2, 0.25) is 0 Å². The molecule has 2 rings (SSSR count). The van der Waals surface area contributed by atoms with Gasteiger partial charge in [-0.15, -0.1) is 0 Å². The zero-order valence-electron chi connectivity index (χ0n) is 12.3. The number of ether oxygens (including phenoxy) is 1. The third kappa shape index (κ3) is 3.75. The SMILES string of the molecule is CCc1ccccc1OCC(=O)Nc1c(C)cccc1N. The molecule has 0 saturated heterocycles. The third-order valence-corrected chi connectivity index (χ3v) is 3.28. The maximum Gasteiger partial charge on any atom is 0.262 e. The van der Waals surface area contributed by atoms with Crippen molar-refractivity contribution in [3.8, 4) is 5.75 Å². The lowest BCUT2D eigenvalue weighted by Crippen LogP contribution is -2.21. The van der Waals surface area contributed by atoms with E-state index in [1.807, 2.05) is 43.3 Å². The molecule has 110 valence electrons. The van der Waals surface area contributed by atoms with Gasteiger partial charge in [0.1, 0.15) is 5.75 Å². The molecule has 0 aliphatic carbocycles. The van der Waals surface area contributed by atoms with Gasteiger partial charge < -0.3 is 15.8 Å². The fourth-order valence-corrected chi connectivity index (χ4v) is 2.12. The van der Waals surface area contributed by atoms with Crippen LogP contribution in [0.5, 0.6) is 5.75 Å². The number of benzene rings is 2. The molecule has 21 heavy (non-hydrogen) atoms. The van der Waals surface area contributed by atoms with E-state index in [1.165, 1.54) is 0 Å². The van der Waals surface area contributed by atoms with E-state index in [2.05, 4.69) is 12.2 Å². The summed E-state index contributed by atoms with van der Waals surface area (Å²) in [5, 5.41) is 2.80. The Morgan fingerprint density at radius 3 is 2.67 bits per heavy atom. The largest absolute Gasteiger partial charge is 0.483 e. The molecule has 0 radical (unpaired) electrons. The van der Waals surface area contributed by atoms with Gasteiger partial charge in [-0.05, 0) is 36.6 Å². The van der Waals surface area contributed by atoms with Crippen LogP contribution in [-0.4, -0.2) is 12.5 Å². The smallest absolute Gasteiger partial charge is 0.262 e. The van der Waals surface area contributed by atoms with Crippen molar-refractivity contribution in [2.45, 2.75) is 20.3 Å². The number of nitrogens with one attached hydrogen (secondary N) is 1. The number of carbonyl (C=O) groups is 1. The second-order valence-electron chi connectivity index (χ2n) is 4.84. The quantitative estimate of drug-likeness (QED) is 0.829. The summed E-state index contributed by atoms with van der Waals surface area (Å²) in [7, 11) is 0. The van der Waals surface area contributed by atoms with E-state index in [4.69, 9.17) is 10.5 Å². The number of anilines is 2. The maximum atomic E-state index is 12.0. The summed E-state index contributed by atoms with van der Waals surface area (Å²) < 4.78 is 5.59. The lowest BCUT2D eigenvalue weighted by atomic mass is 10.1. The minimum atomic E-state index is -0.220. The van der Waals surface area contributed by atoms with Gasteiger partial charge in [-0.2, -0.15) is 0 Å². The van der Waals surface area contributed by atoms with Crippen LogP contribution in [0.25, 0.3) is 0 Å². The van der Waals surface area contributed by atoms with E-state index in [1.54, 1.807) is 6.07 Å². The van der Waals surface area contributed by atoms with E-state index in [0.29, 0.717) is 11.4 Å². The Morgan fingerprint density at radius 2 is 1.95 bits per heavy atom. The predicted molar refractivity (Wildman–Crippen MR) is 85.5 cm³/mol. The molecule has 1 amide bonds. The van der Waals surface area contributed by atoms with E-state index in [9.17, 15) is 4.79 Å². The summed E-state index contributed by atoms with van der Waals surface area (Å²) in [5.74, 6) is 0.523. The molecule has 0 atom stereocenters. The topological polar surface area (TPSA) is 64.3 Å². The fraction of sp³-hybridized carbons (Fsp3) is 0.235. The monoisotopic (exact) mass is 284 g/mol. The summed E-state index contributed by atoms with van der Waals surface area (Å²) in [6.07, 6.45) is 0.864. The zero-order valence-corrected chi connectivity index (χ0v) is 12.3. The van der Waals surface area contributed by atoms with Gasteiger partial charge in [-0.3, -0.25) is 4.79 Å². The molecule has 0 heterocycles. The van der Waals surface area contributed by atoms with Crippen molar-refractivity contribution >= 4 is 17.3 Å². The van der Waals surface area contributed by atoms with Crippen LogP contribution < -0.4 is 15.8 Å². The molecule has 3 N–H and O–H groups in total. The van der Waals surface area contributed by atoms with Crippen LogP contribution in [0.3, 0.4) is 0 Å². The van der Waals surface area contributed by atoms with Crippen LogP contribution in [0.4, 0.5) is 11.4 Å². The van der Waals surface area contributed by atoms with Crippen molar-refractivity contribution in [2.75, 3.05) is 17.7 Å². The summed E-state index contributed by atoms with van der Waals surface area (Å²) in [6.45, 7) is 3.92. The number of para-hydroxylation sites is 2. The number of hydrogen-bond acceptors (Lipinski definition) is 3. The summed E-state index contributed by atoms with van der Waals surface area (Å²) in [6, 6.07) is 13.2. The summed E-state index contributed by atoms with van der Waals surface area (Å²) >= 11 is 0. The maximum absolute atomic E-state index is 12.0. The van der Waals surface area contributed by atoms with Crippen molar-refractivity contribution in [3.63, 3.8) is 0 Å². The van der Waals surface area contributed by atoms with Crippen molar-refractivity contribution in [1.82, 2.24) is 0 Å². The molecule has 0 spiro atoms. The normalized spacial score (nSPS) is 10.2. The fourth-order valence-electron chi connectivity index (χ4n) is 2.12. The minimum absolute atomic E-state index is 0.0369. The van der Waals surface area contributed by atoms with Crippen LogP contribution >= 0.6 is 0 Å². The molecule has 2 aromatic rings. The van der Waals surface area contributed by atoms with E-state index >= 15 is 0 Å². The van der Waals surface area contributed by atoms with Crippen LogP contribution in [0.15, 0.2) is 42.5 Å². The third-order valence-electron chi connectivity index (χ3n) is 3.28. The molecule has 4 heteroatoms. The second kappa shape index (κ2) is 6.79. The molecular formula is C17H20N2O2. The van der Waals surface area contributed by atoms with Gasteiger partial charge in [0.15, 0.2) is 6.61 Å². The lowest BCUT2D eigenvalue weighted by molar-refractivity contribution is -0.118. The molecule has 0 aromatic heterocycles. The highest BCUT2D eigenvalue weighted by atomic mass is 16.5. The number of nitrogen functional groups attached to an aromatic ring is 1. The van der Waals surface area contributed by atoms with Crippen molar-refractivity contribution in [2.24, 2.45) is 0 Å². The Kier molecular flexibility index (Phi) is 4.82. The summed E-state index contributed by atoms with van der Waals surface area (Å²) in [4.78, 5) is 12.0. The van der Waals surface area contributed by atoms with E-state index in [0.717, 1.165) is 23.3 Å². The van der Waals surface area contributed by atoms with Gasteiger partial charge in [-0.25, -0.2) is 0 Å². The zero-order chi connectivity index (χ0) is 15.2. The number of amides is 1. The Hall–Kier alpha value is -2.49. The molecule has 0 fully saturated rings. The van der Waals surface area contributed by atoms with Crippen molar-refractivity contribution < 1.29 is 9.53 Å². The van der Waals surface area contributed by atoms with Crippen LogP contribution in [0, 0.1) is 6.92 Å². The molecule has 2 aromatic carbocycles. The Morgan fingerprint density at radius 1 is 1.19 bits per heavy atom. The number of carbonyl (C=O) groups excluding carboxylic acids is 1. The first-order chi connectivity index (χ1) is 10.1. The van der Waals surface area contributed by atoms with Gasteiger partial charge in [0, 0.05) is 0 Å². The number of aryl methyl sites for hydroxylation is 2. The minimum Gasteiger partial charge on any atom is -0.483 e. The first kappa shape index (κ1) is 14.9. The van der Waals surface area contributed by atoms with Crippen molar-refractivity contribution in [3.05, 3.63) is 53.6 Å². The van der Waals surface area contributed by atoms with Crippen molar-refractivity contribution in [1.29, 1.82) is 0 Å². The predicted octanol–water partition coefficient (Wildman–Crippen LogP) is 3.16. The number of hydrogen-bond donors (Lipinski definition) is 2. The number of nitrogens with two attached hydrogens (primary N) is 1. The first-order valence-electron chi connectivity index (χ1n) is 6.97. The van der Waals surface area contributed by atoms with Crippen LogP contribution in [-0.2, 0) is 11.2 Å². The highest BCUT2D eigenvalue weighted by Crippen LogP contribution is 2.22. The molecule has 0 aliphatic rings. The standard InChI is InChI=1S/C17H20N2O2/c1-3-13-8-4-5-10-15(13)21-11-16(20)19-17-12(2)7-6-9-14(17)18/h4-10H,3,11,18H2,1-2H3,(H,19,20). The number of rotatable bonds is 5. The van der Waals surface area contributed by atoms with Gasteiger partial charge in [0.25, 0.3) is 5.91 Å². The summed E-state index contributed by atoms with van der Waals surface area (Å²) in [5.41, 5.74) is 9.08. The molecule has 0 unspecified atom stereocenters. The van der Waals surface area contributed by atoms with E-state index < -0.39 is 0 Å². The molecule has 0 aliphatic heterocycles. The first-order valence-corrected chi connectivity index (χ1v) is 6.97. The average molecular weight is 284 g/mol. The molecule has 0 saturated carbocycles. The van der Waals surface area contributed by atoms with Gasteiger partial charge >= 0.3 is 0 Å². The Labute approximate surface area is 124 Å². The molecule has 4 nitrogen and oxygen atoms in total. The highest BCUT2D eigenvalue weighted by molar-refractivity contribution is 5.95. The highest BCUT2D eigenvalue weighted by Gasteiger charge is 2.09. The van der Waals surface area contributed by atoms with Crippen LogP contribution in [0.2, 0.25) is 0 Å². The van der Waals surface area contributed by atoms with Gasteiger partial charge in [0.05, 0.1) is 11.4 Å². The van der Waals surface area contributed by atoms with Gasteiger partial charge in [-0.1, -0.05) is 37.3 Å². The molecular weight excluding hydrogens is 264 g/mol. The average Bonchev–Trinajstić information content (AvgIpc) is 2.49. The second-order valence-corrected chi connectivity index (χ2v) is 4.84. The molecule has 0 bridgehead atoms. The van der Waals surface area contributed by atoms with Crippen LogP contribution in [0.1, 0.15) is 18.1 Å². The van der Waals surface area contributed by atoms with E-state index in [-0.39, 0.29) is 12.5 Å². The Bertz CT molecular complexity index is 618. The lowest BCUT2D eigenvalue weighted by Gasteiger charge is -2.13.